The van der Waals surface area contributed by atoms with Crippen molar-refractivity contribution in [3.8, 4) is 0 Å². The fourth-order valence-corrected chi connectivity index (χ4v) is 2.79. The van der Waals surface area contributed by atoms with Crippen LogP contribution in [0, 0.1) is 0 Å². The number of hydrogen-bond acceptors (Lipinski definition) is 3. The molecule has 108 valence electrons. The molecule has 0 aromatic heterocycles. The van der Waals surface area contributed by atoms with Crippen molar-refractivity contribution in [3.63, 3.8) is 0 Å². The molecule has 0 radical (unpaired) electrons. The number of ether oxygens (including phenoxy) is 1. The van der Waals surface area contributed by atoms with Gasteiger partial charge in [-0.1, -0.05) is 26.2 Å². The fraction of sp³-hybridized carbons (Fsp3) is 1.00. The van der Waals surface area contributed by atoms with Crippen molar-refractivity contribution < 1.29 is 4.74 Å². The standard InChI is InChI=1S/C15H32N2O/c1-4-17(11-12-18-5-2)14(3)13-16-15-9-7-6-8-10-15/h14-16H,4-13H2,1-3H3. The van der Waals surface area contributed by atoms with Gasteiger partial charge in [0.25, 0.3) is 0 Å². The molecule has 1 aliphatic rings. The Morgan fingerprint density at radius 2 is 1.94 bits per heavy atom. The third-order valence-electron chi connectivity index (χ3n) is 4.06. The molecular formula is C15H32N2O. The first kappa shape index (κ1) is 15.9. The number of nitrogens with zero attached hydrogens (tertiary/aromatic N) is 1. The van der Waals surface area contributed by atoms with Crippen LogP contribution in [-0.2, 0) is 4.74 Å². The van der Waals surface area contributed by atoms with Crippen molar-refractivity contribution in [2.24, 2.45) is 0 Å². The molecule has 1 unspecified atom stereocenters. The van der Waals surface area contributed by atoms with Gasteiger partial charge in [0.1, 0.15) is 0 Å². The predicted octanol–water partition coefficient (Wildman–Crippen LogP) is 2.66. The molecule has 0 saturated heterocycles. The Morgan fingerprint density at radius 3 is 2.56 bits per heavy atom. The fourth-order valence-electron chi connectivity index (χ4n) is 2.79. The Hall–Kier alpha value is -0.120. The zero-order valence-corrected chi connectivity index (χ0v) is 12.6. The zero-order chi connectivity index (χ0) is 13.2. The van der Waals surface area contributed by atoms with Gasteiger partial charge in [0.2, 0.25) is 0 Å². The first-order valence-electron chi connectivity index (χ1n) is 7.83. The topological polar surface area (TPSA) is 24.5 Å². The molecule has 0 spiro atoms. The van der Waals surface area contributed by atoms with Crippen molar-refractivity contribution in [2.75, 3.05) is 32.8 Å². The Labute approximate surface area is 113 Å². The summed E-state index contributed by atoms with van der Waals surface area (Å²) in [6.07, 6.45) is 7.00. The van der Waals surface area contributed by atoms with Crippen LogP contribution in [0.1, 0.15) is 52.9 Å². The van der Waals surface area contributed by atoms with Crippen molar-refractivity contribution in [1.82, 2.24) is 10.2 Å². The van der Waals surface area contributed by atoms with Crippen LogP contribution in [0.4, 0.5) is 0 Å². The molecule has 0 aromatic rings. The summed E-state index contributed by atoms with van der Waals surface area (Å²) in [6.45, 7) is 11.6. The molecule has 0 amide bonds. The molecule has 3 heteroatoms. The Balaban J connectivity index is 2.17. The normalized spacial score (nSPS) is 19.3. The van der Waals surface area contributed by atoms with E-state index < -0.39 is 0 Å². The van der Waals surface area contributed by atoms with E-state index in [1.54, 1.807) is 0 Å². The van der Waals surface area contributed by atoms with Crippen LogP contribution >= 0.6 is 0 Å². The van der Waals surface area contributed by atoms with Gasteiger partial charge in [-0.2, -0.15) is 0 Å². The van der Waals surface area contributed by atoms with Gasteiger partial charge in [-0.25, -0.2) is 0 Å². The first-order chi connectivity index (χ1) is 8.77. The maximum atomic E-state index is 5.45. The number of rotatable bonds is 9. The average Bonchev–Trinajstić information content (AvgIpc) is 2.42. The Morgan fingerprint density at radius 1 is 1.22 bits per heavy atom. The summed E-state index contributed by atoms with van der Waals surface area (Å²) >= 11 is 0. The summed E-state index contributed by atoms with van der Waals surface area (Å²) in [7, 11) is 0. The van der Waals surface area contributed by atoms with E-state index in [1.165, 1.54) is 32.1 Å². The van der Waals surface area contributed by atoms with E-state index in [4.69, 9.17) is 4.74 Å². The highest BCUT2D eigenvalue weighted by molar-refractivity contribution is 4.76. The second-order valence-electron chi connectivity index (χ2n) is 5.42. The third kappa shape index (κ3) is 6.17. The highest BCUT2D eigenvalue weighted by atomic mass is 16.5. The summed E-state index contributed by atoms with van der Waals surface area (Å²) in [5.41, 5.74) is 0. The van der Waals surface area contributed by atoms with Crippen LogP contribution in [0.25, 0.3) is 0 Å². The molecule has 1 saturated carbocycles. The lowest BCUT2D eigenvalue weighted by Crippen LogP contribution is -2.45. The van der Waals surface area contributed by atoms with E-state index in [0.29, 0.717) is 6.04 Å². The molecule has 1 atom stereocenters. The summed E-state index contributed by atoms with van der Waals surface area (Å²) in [6, 6.07) is 1.38. The molecule has 1 aliphatic carbocycles. The van der Waals surface area contributed by atoms with Crippen LogP contribution in [-0.4, -0.2) is 49.8 Å². The second kappa shape index (κ2) is 9.76. The highest BCUT2D eigenvalue weighted by Crippen LogP contribution is 2.17. The Bertz CT molecular complexity index is 193. The van der Waals surface area contributed by atoms with Gasteiger partial charge in [0.05, 0.1) is 6.61 Å². The molecule has 1 N–H and O–H groups in total. The van der Waals surface area contributed by atoms with Gasteiger partial charge < -0.3 is 10.1 Å². The largest absolute Gasteiger partial charge is 0.380 e. The minimum Gasteiger partial charge on any atom is -0.380 e. The van der Waals surface area contributed by atoms with Crippen molar-refractivity contribution in [3.05, 3.63) is 0 Å². The molecule has 0 aromatic carbocycles. The van der Waals surface area contributed by atoms with Gasteiger partial charge in [0.15, 0.2) is 0 Å². The third-order valence-corrected chi connectivity index (χ3v) is 4.06. The average molecular weight is 256 g/mol. The van der Waals surface area contributed by atoms with Crippen LogP contribution in [0.5, 0.6) is 0 Å². The van der Waals surface area contributed by atoms with Gasteiger partial charge in [-0.15, -0.1) is 0 Å². The minimum atomic E-state index is 0.609. The number of likely N-dealkylation sites (N-methyl/N-ethyl adjacent to an activating group) is 1. The molecule has 0 heterocycles. The molecule has 0 bridgehead atoms. The summed E-state index contributed by atoms with van der Waals surface area (Å²) in [4.78, 5) is 2.51. The van der Waals surface area contributed by atoms with E-state index in [-0.39, 0.29) is 0 Å². The quantitative estimate of drug-likeness (QED) is 0.642. The van der Waals surface area contributed by atoms with Gasteiger partial charge >= 0.3 is 0 Å². The second-order valence-corrected chi connectivity index (χ2v) is 5.42. The predicted molar refractivity (Wildman–Crippen MR) is 78.1 cm³/mol. The van der Waals surface area contributed by atoms with Crippen molar-refractivity contribution >= 4 is 0 Å². The lowest BCUT2D eigenvalue weighted by atomic mass is 9.95. The number of hydrogen-bond donors (Lipinski definition) is 1. The van der Waals surface area contributed by atoms with E-state index >= 15 is 0 Å². The zero-order valence-electron chi connectivity index (χ0n) is 12.6. The van der Waals surface area contributed by atoms with Crippen LogP contribution in [0.15, 0.2) is 0 Å². The molecule has 18 heavy (non-hydrogen) atoms. The van der Waals surface area contributed by atoms with Crippen LogP contribution in [0.3, 0.4) is 0 Å². The summed E-state index contributed by atoms with van der Waals surface area (Å²) < 4.78 is 5.45. The Kier molecular flexibility index (Phi) is 8.64. The summed E-state index contributed by atoms with van der Waals surface area (Å²) in [5.74, 6) is 0. The number of nitrogens with one attached hydrogen (secondary N) is 1. The smallest absolute Gasteiger partial charge is 0.0593 e. The molecule has 3 nitrogen and oxygen atoms in total. The highest BCUT2D eigenvalue weighted by Gasteiger charge is 2.16. The SMILES string of the molecule is CCOCCN(CC)C(C)CNC1CCCCC1. The van der Waals surface area contributed by atoms with Gasteiger partial charge in [-0.05, 0) is 33.2 Å². The molecule has 1 fully saturated rings. The van der Waals surface area contributed by atoms with E-state index in [2.05, 4.69) is 31.0 Å². The van der Waals surface area contributed by atoms with Crippen LogP contribution < -0.4 is 5.32 Å². The molecule has 1 rings (SSSR count). The lowest BCUT2D eigenvalue weighted by Gasteiger charge is -2.30. The maximum Gasteiger partial charge on any atom is 0.0593 e. The lowest BCUT2D eigenvalue weighted by molar-refractivity contribution is 0.0987. The maximum absolute atomic E-state index is 5.45. The minimum absolute atomic E-state index is 0.609. The van der Waals surface area contributed by atoms with E-state index in [9.17, 15) is 0 Å². The molecular weight excluding hydrogens is 224 g/mol. The molecule has 0 aliphatic heterocycles. The van der Waals surface area contributed by atoms with Crippen molar-refractivity contribution in [1.29, 1.82) is 0 Å². The van der Waals surface area contributed by atoms with Gasteiger partial charge in [0, 0.05) is 31.8 Å². The van der Waals surface area contributed by atoms with Crippen LogP contribution in [0.2, 0.25) is 0 Å². The van der Waals surface area contributed by atoms with Crippen molar-refractivity contribution in [2.45, 2.75) is 65.0 Å². The van der Waals surface area contributed by atoms with E-state index in [0.717, 1.165) is 38.9 Å². The first-order valence-corrected chi connectivity index (χ1v) is 7.83. The van der Waals surface area contributed by atoms with E-state index in [1.807, 2.05) is 0 Å². The monoisotopic (exact) mass is 256 g/mol. The summed E-state index contributed by atoms with van der Waals surface area (Å²) in [5, 5.41) is 3.74. The van der Waals surface area contributed by atoms with Gasteiger partial charge in [-0.3, -0.25) is 4.90 Å².